The Morgan fingerprint density at radius 1 is 1.25 bits per heavy atom. The third kappa shape index (κ3) is 2.79. The average molecular weight is 303 g/mol. The molecule has 1 aromatic rings. The van der Waals surface area contributed by atoms with Crippen LogP contribution >= 0.6 is 27.5 Å². The van der Waals surface area contributed by atoms with E-state index in [4.69, 9.17) is 17.3 Å². The molecule has 1 unspecified atom stereocenters. The number of halogens is 2. The molecular formula is C13H17BrClN. The van der Waals surface area contributed by atoms with E-state index in [1.807, 2.05) is 12.1 Å². The van der Waals surface area contributed by atoms with E-state index in [1.54, 1.807) is 0 Å². The van der Waals surface area contributed by atoms with Gasteiger partial charge in [-0.25, -0.2) is 0 Å². The lowest BCUT2D eigenvalue weighted by Crippen LogP contribution is -2.23. The summed E-state index contributed by atoms with van der Waals surface area (Å²) in [6, 6.07) is 6.20. The molecule has 0 aromatic heterocycles. The molecule has 88 valence electrons. The van der Waals surface area contributed by atoms with Crippen molar-refractivity contribution in [1.82, 2.24) is 0 Å². The third-order valence-electron chi connectivity index (χ3n) is 3.49. The highest BCUT2D eigenvalue weighted by Crippen LogP contribution is 2.34. The summed E-state index contributed by atoms with van der Waals surface area (Å²) < 4.78 is 0.939. The van der Waals surface area contributed by atoms with Crippen LogP contribution in [0.2, 0.25) is 5.02 Å². The van der Waals surface area contributed by atoms with Gasteiger partial charge in [0.2, 0.25) is 0 Å². The molecule has 2 N–H and O–H groups in total. The molecule has 1 fully saturated rings. The molecule has 16 heavy (non-hydrogen) atoms. The van der Waals surface area contributed by atoms with E-state index in [1.165, 1.54) is 37.7 Å². The summed E-state index contributed by atoms with van der Waals surface area (Å²) in [7, 11) is 0. The van der Waals surface area contributed by atoms with Crippen LogP contribution in [-0.4, -0.2) is 0 Å². The first-order valence-corrected chi connectivity index (χ1v) is 7.06. The predicted molar refractivity (Wildman–Crippen MR) is 72.7 cm³/mol. The first-order valence-electron chi connectivity index (χ1n) is 5.89. The third-order valence-corrected chi connectivity index (χ3v) is 4.72. The maximum atomic E-state index is 6.31. The fourth-order valence-electron chi connectivity index (χ4n) is 2.49. The van der Waals surface area contributed by atoms with Crippen molar-refractivity contribution in [2.45, 2.75) is 38.1 Å². The van der Waals surface area contributed by atoms with Crippen molar-refractivity contribution in [2.75, 3.05) is 0 Å². The van der Waals surface area contributed by atoms with Crippen LogP contribution in [0.15, 0.2) is 22.7 Å². The van der Waals surface area contributed by atoms with Crippen LogP contribution in [0.25, 0.3) is 0 Å². The highest BCUT2D eigenvalue weighted by atomic mass is 79.9. The first-order chi connectivity index (χ1) is 7.68. The van der Waals surface area contributed by atoms with Gasteiger partial charge < -0.3 is 5.73 Å². The molecule has 0 heterocycles. The van der Waals surface area contributed by atoms with E-state index in [2.05, 4.69) is 22.0 Å². The maximum Gasteiger partial charge on any atom is 0.0551 e. The topological polar surface area (TPSA) is 26.0 Å². The van der Waals surface area contributed by atoms with Gasteiger partial charge in [-0.2, -0.15) is 0 Å². The Kier molecular flexibility index (Phi) is 4.28. The number of rotatable bonds is 2. The molecule has 1 aromatic carbocycles. The second kappa shape index (κ2) is 5.52. The molecule has 1 aliphatic rings. The van der Waals surface area contributed by atoms with E-state index in [-0.39, 0.29) is 6.04 Å². The minimum absolute atomic E-state index is 0.144. The molecule has 1 saturated carbocycles. The molecule has 0 spiro atoms. The van der Waals surface area contributed by atoms with Crippen molar-refractivity contribution >= 4 is 27.5 Å². The summed E-state index contributed by atoms with van der Waals surface area (Å²) in [4.78, 5) is 0. The van der Waals surface area contributed by atoms with Crippen molar-refractivity contribution in [2.24, 2.45) is 11.7 Å². The summed E-state index contributed by atoms with van der Waals surface area (Å²) in [5, 5.41) is 0.753. The van der Waals surface area contributed by atoms with Gasteiger partial charge in [-0.3, -0.25) is 0 Å². The van der Waals surface area contributed by atoms with Crippen LogP contribution in [0.4, 0.5) is 0 Å². The average Bonchev–Trinajstić information content (AvgIpc) is 2.33. The molecule has 0 aliphatic heterocycles. The summed E-state index contributed by atoms with van der Waals surface area (Å²) >= 11 is 9.50. The van der Waals surface area contributed by atoms with Crippen LogP contribution in [-0.2, 0) is 0 Å². The quantitative estimate of drug-likeness (QED) is 0.843. The lowest BCUT2D eigenvalue weighted by molar-refractivity contribution is 0.308. The molecule has 1 nitrogen and oxygen atoms in total. The molecule has 0 bridgehead atoms. The van der Waals surface area contributed by atoms with Crippen molar-refractivity contribution in [1.29, 1.82) is 0 Å². The number of hydrogen-bond acceptors (Lipinski definition) is 1. The number of hydrogen-bond donors (Lipinski definition) is 1. The molecule has 1 atom stereocenters. The Morgan fingerprint density at radius 3 is 2.56 bits per heavy atom. The van der Waals surface area contributed by atoms with Gasteiger partial charge in [0.25, 0.3) is 0 Å². The Balaban J connectivity index is 2.12. The van der Waals surface area contributed by atoms with Crippen LogP contribution in [0.3, 0.4) is 0 Å². The molecule has 3 heteroatoms. The first kappa shape index (κ1) is 12.4. The lowest BCUT2D eigenvalue weighted by atomic mass is 9.81. The predicted octanol–water partition coefficient (Wildman–Crippen LogP) is 4.68. The zero-order valence-electron chi connectivity index (χ0n) is 9.26. The van der Waals surface area contributed by atoms with Crippen LogP contribution in [0.5, 0.6) is 0 Å². The van der Waals surface area contributed by atoms with Crippen molar-refractivity contribution in [3.63, 3.8) is 0 Å². The molecule has 2 rings (SSSR count). The Labute approximate surface area is 110 Å². The lowest BCUT2D eigenvalue weighted by Gasteiger charge is -2.27. The second-order valence-electron chi connectivity index (χ2n) is 4.60. The highest BCUT2D eigenvalue weighted by Gasteiger charge is 2.22. The van der Waals surface area contributed by atoms with Gasteiger partial charge in [0.05, 0.1) is 5.02 Å². The summed E-state index contributed by atoms with van der Waals surface area (Å²) in [6.45, 7) is 0. The van der Waals surface area contributed by atoms with Crippen molar-refractivity contribution in [3.05, 3.63) is 33.3 Å². The van der Waals surface area contributed by atoms with Crippen molar-refractivity contribution in [3.8, 4) is 0 Å². The van der Waals surface area contributed by atoms with Crippen molar-refractivity contribution < 1.29 is 0 Å². The normalized spacial score (nSPS) is 19.7. The minimum atomic E-state index is 0.144. The maximum absolute atomic E-state index is 6.31. The summed E-state index contributed by atoms with van der Waals surface area (Å²) in [5.74, 6) is 0.631. The highest BCUT2D eigenvalue weighted by molar-refractivity contribution is 9.10. The Morgan fingerprint density at radius 2 is 1.94 bits per heavy atom. The fourth-order valence-corrected chi connectivity index (χ4v) is 2.92. The van der Waals surface area contributed by atoms with Gasteiger partial charge in [-0.05, 0) is 52.4 Å². The van der Waals surface area contributed by atoms with E-state index in [9.17, 15) is 0 Å². The van der Waals surface area contributed by atoms with Gasteiger partial charge >= 0.3 is 0 Å². The van der Waals surface area contributed by atoms with E-state index in [0.29, 0.717) is 5.92 Å². The number of nitrogens with two attached hydrogens (primary N) is 1. The zero-order chi connectivity index (χ0) is 11.5. The van der Waals surface area contributed by atoms with Gasteiger partial charge in [0.1, 0.15) is 0 Å². The fraction of sp³-hybridized carbons (Fsp3) is 0.538. The Bertz CT molecular complexity index is 361. The SMILES string of the molecule is NC(c1ccc(Br)c(Cl)c1)C1CCCCC1. The molecule has 0 radical (unpaired) electrons. The largest absolute Gasteiger partial charge is 0.324 e. The van der Waals surface area contributed by atoms with Crippen LogP contribution < -0.4 is 5.73 Å². The zero-order valence-corrected chi connectivity index (χ0v) is 11.6. The minimum Gasteiger partial charge on any atom is -0.324 e. The van der Waals surface area contributed by atoms with Crippen LogP contribution in [0, 0.1) is 5.92 Å². The summed E-state index contributed by atoms with van der Waals surface area (Å²) in [6.07, 6.45) is 6.53. The Hall–Kier alpha value is -0.0500. The smallest absolute Gasteiger partial charge is 0.0551 e. The molecular weight excluding hydrogens is 286 g/mol. The van der Waals surface area contributed by atoms with E-state index >= 15 is 0 Å². The van der Waals surface area contributed by atoms with Gasteiger partial charge in [-0.15, -0.1) is 0 Å². The van der Waals surface area contributed by atoms with Gasteiger partial charge in [0, 0.05) is 10.5 Å². The van der Waals surface area contributed by atoms with Gasteiger partial charge in [-0.1, -0.05) is 36.9 Å². The van der Waals surface area contributed by atoms with Crippen LogP contribution in [0.1, 0.15) is 43.7 Å². The molecule has 0 amide bonds. The summed E-state index contributed by atoms with van der Waals surface area (Å²) in [5.41, 5.74) is 7.48. The van der Waals surface area contributed by atoms with E-state index in [0.717, 1.165) is 9.50 Å². The number of benzene rings is 1. The standard InChI is InChI=1S/C13H17BrClN/c14-11-7-6-10(8-12(11)15)13(16)9-4-2-1-3-5-9/h6-9,13H,1-5,16H2. The monoisotopic (exact) mass is 301 g/mol. The van der Waals surface area contributed by atoms with Gasteiger partial charge in [0.15, 0.2) is 0 Å². The molecule has 0 saturated heterocycles. The van der Waals surface area contributed by atoms with E-state index < -0.39 is 0 Å². The molecule has 1 aliphatic carbocycles. The second-order valence-corrected chi connectivity index (χ2v) is 5.86.